The summed E-state index contributed by atoms with van der Waals surface area (Å²) in [5.74, 6) is 0. The zero-order chi connectivity index (χ0) is 14.5. The fourth-order valence-electron chi connectivity index (χ4n) is 3.50. The third-order valence-corrected chi connectivity index (χ3v) is 5.24. The van der Waals surface area contributed by atoms with Crippen LogP contribution in [0.25, 0.3) is 0 Å². The van der Waals surface area contributed by atoms with Crippen molar-refractivity contribution in [1.82, 2.24) is 4.98 Å². The van der Waals surface area contributed by atoms with Gasteiger partial charge in [-0.3, -0.25) is 0 Å². The molecule has 112 valence electrons. The lowest BCUT2D eigenvalue weighted by atomic mass is 9.99. The lowest BCUT2D eigenvalue weighted by molar-refractivity contribution is -0.133. The van der Waals surface area contributed by atoms with E-state index >= 15 is 0 Å². The molecule has 1 aliphatic heterocycles. The fraction of sp³-hybridized carbons (Fsp3) is 0.800. The summed E-state index contributed by atoms with van der Waals surface area (Å²) in [5, 5.41) is 1.12. The molecule has 1 aromatic heterocycles. The Balaban J connectivity index is 1.89. The van der Waals surface area contributed by atoms with Gasteiger partial charge < -0.3 is 15.4 Å². The maximum Gasteiger partial charge on any atom is 0.186 e. The molecule has 0 amide bonds. The number of nitrogens with two attached hydrogens (primary N) is 1. The number of morpholine rings is 1. The van der Waals surface area contributed by atoms with E-state index in [1.807, 2.05) is 0 Å². The molecule has 1 aliphatic carbocycles. The molecule has 0 aromatic carbocycles. The largest absolute Gasteiger partial charge is 0.366 e. The number of aryl methyl sites for hydroxylation is 1. The number of thiazole rings is 1. The predicted molar refractivity (Wildman–Crippen MR) is 83.4 cm³/mol. The highest BCUT2D eigenvalue weighted by atomic mass is 32.1. The van der Waals surface area contributed by atoms with Crippen LogP contribution in [0.2, 0.25) is 0 Å². The molecule has 1 fully saturated rings. The Hall–Kier alpha value is -0.650. The number of fused-ring (bicyclic) bond motifs is 1. The van der Waals surface area contributed by atoms with E-state index in [1.165, 1.54) is 10.6 Å². The van der Waals surface area contributed by atoms with Crippen LogP contribution >= 0.6 is 11.3 Å². The molecule has 0 saturated carbocycles. The van der Waals surface area contributed by atoms with Crippen molar-refractivity contribution >= 4 is 16.5 Å². The van der Waals surface area contributed by atoms with E-state index in [0.717, 1.165) is 37.5 Å². The lowest BCUT2D eigenvalue weighted by Crippen LogP contribution is -2.57. The molecule has 3 rings (SSSR count). The average Bonchev–Trinajstić information content (AvgIpc) is 2.70. The Morgan fingerprint density at radius 3 is 2.50 bits per heavy atom. The monoisotopic (exact) mass is 295 g/mol. The first-order chi connectivity index (χ1) is 9.26. The number of hydrogen-bond acceptors (Lipinski definition) is 5. The van der Waals surface area contributed by atoms with Gasteiger partial charge in [0.05, 0.1) is 16.9 Å². The number of rotatable bonds is 1. The number of hydrogen-bond donors (Lipinski definition) is 1. The second kappa shape index (κ2) is 4.68. The number of ether oxygens (including phenoxy) is 1. The van der Waals surface area contributed by atoms with Gasteiger partial charge in [-0.15, -0.1) is 0 Å². The first-order valence-electron chi connectivity index (χ1n) is 7.46. The van der Waals surface area contributed by atoms with Gasteiger partial charge in [0.25, 0.3) is 0 Å². The molecule has 1 saturated heterocycles. The van der Waals surface area contributed by atoms with Crippen LogP contribution in [-0.4, -0.2) is 29.3 Å². The molecule has 0 radical (unpaired) electrons. The molecule has 0 bridgehead atoms. The van der Waals surface area contributed by atoms with Gasteiger partial charge in [0.2, 0.25) is 0 Å². The minimum Gasteiger partial charge on any atom is -0.366 e. The van der Waals surface area contributed by atoms with Crippen molar-refractivity contribution in [1.29, 1.82) is 0 Å². The van der Waals surface area contributed by atoms with Crippen LogP contribution in [0, 0.1) is 0 Å². The molecule has 5 heteroatoms. The Labute approximate surface area is 125 Å². The Kier molecular flexibility index (Phi) is 3.35. The zero-order valence-electron chi connectivity index (χ0n) is 12.9. The fourth-order valence-corrected chi connectivity index (χ4v) is 4.64. The highest BCUT2D eigenvalue weighted by molar-refractivity contribution is 7.15. The predicted octanol–water partition coefficient (Wildman–Crippen LogP) is 2.87. The molecule has 1 aromatic rings. The van der Waals surface area contributed by atoms with Gasteiger partial charge in [0, 0.05) is 24.0 Å². The van der Waals surface area contributed by atoms with E-state index in [9.17, 15) is 0 Å². The summed E-state index contributed by atoms with van der Waals surface area (Å²) >= 11 is 1.79. The molecule has 20 heavy (non-hydrogen) atoms. The maximum atomic E-state index is 6.22. The standard InChI is InChI=1S/C15H25N3OS/c1-14(2)8-18(9-15(3,4)19-14)13-17-11-7-5-6-10(16)12(11)20-13/h10H,5-9,16H2,1-4H3. The van der Waals surface area contributed by atoms with E-state index < -0.39 is 0 Å². The van der Waals surface area contributed by atoms with Crippen LogP contribution < -0.4 is 10.6 Å². The van der Waals surface area contributed by atoms with E-state index in [0.29, 0.717) is 0 Å². The summed E-state index contributed by atoms with van der Waals surface area (Å²) in [6.45, 7) is 10.4. The van der Waals surface area contributed by atoms with Gasteiger partial charge in [0.1, 0.15) is 0 Å². The summed E-state index contributed by atoms with van der Waals surface area (Å²) in [4.78, 5) is 8.54. The number of nitrogens with zero attached hydrogens (tertiary/aromatic N) is 2. The van der Waals surface area contributed by atoms with Gasteiger partial charge >= 0.3 is 0 Å². The third-order valence-electron chi connectivity index (χ3n) is 3.95. The SMILES string of the molecule is CC1(C)CN(c2nc3c(s2)C(N)CCC3)CC(C)(C)O1. The summed E-state index contributed by atoms with van der Waals surface area (Å²) in [7, 11) is 0. The van der Waals surface area contributed by atoms with E-state index in [4.69, 9.17) is 15.5 Å². The quantitative estimate of drug-likeness (QED) is 0.865. The minimum absolute atomic E-state index is 0.143. The Morgan fingerprint density at radius 1 is 1.25 bits per heavy atom. The molecule has 1 unspecified atom stereocenters. The summed E-state index contributed by atoms with van der Waals surface area (Å²) in [5.41, 5.74) is 7.17. The molecule has 2 N–H and O–H groups in total. The highest BCUT2D eigenvalue weighted by Crippen LogP contribution is 2.39. The van der Waals surface area contributed by atoms with Crippen LogP contribution in [0.1, 0.15) is 57.1 Å². The zero-order valence-corrected chi connectivity index (χ0v) is 13.7. The van der Waals surface area contributed by atoms with Crippen molar-refractivity contribution in [3.63, 3.8) is 0 Å². The van der Waals surface area contributed by atoms with Crippen molar-refractivity contribution in [3.8, 4) is 0 Å². The molecular weight excluding hydrogens is 270 g/mol. The summed E-state index contributed by atoms with van der Waals surface area (Å²) < 4.78 is 6.15. The van der Waals surface area contributed by atoms with Gasteiger partial charge in [0.15, 0.2) is 5.13 Å². The van der Waals surface area contributed by atoms with E-state index in [2.05, 4.69) is 32.6 Å². The number of aromatic nitrogens is 1. The number of anilines is 1. The average molecular weight is 295 g/mol. The van der Waals surface area contributed by atoms with Crippen LogP contribution in [0.3, 0.4) is 0 Å². The van der Waals surface area contributed by atoms with Crippen molar-refractivity contribution in [2.75, 3.05) is 18.0 Å². The molecule has 0 spiro atoms. The molecule has 2 aliphatic rings. The second-order valence-electron chi connectivity index (χ2n) is 7.28. The minimum atomic E-state index is -0.143. The van der Waals surface area contributed by atoms with Gasteiger partial charge in [-0.05, 0) is 47.0 Å². The summed E-state index contributed by atoms with van der Waals surface area (Å²) in [6.07, 6.45) is 3.34. The van der Waals surface area contributed by atoms with Crippen LogP contribution in [0.4, 0.5) is 5.13 Å². The lowest BCUT2D eigenvalue weighted by Gasteiger charge is -2.47. The van der Waals surface area contributed by atoms with Gasteiger partial charge in [-0.25, -0.2) is 4.98 Å². The normalized spacial score (nSPS) is 28.2. The molecule has 4 nitrogen and oxygen atoms in total. The van der Waals surface area contributed by atoms with Crippen LogP contribution in [0.5, 0.6) is 0 Å². The first kappa shape index (κ1) is 14.3. The Bertz CT molecular complexity index is 493. The topological polar surface area (TPSA) is 51.4 Å². The highest BCUT2D eigenvalue weighted by Gasteiger charge is 2.39. The molecule has 2 heterocycles. The molecule has 1 atom stereocenters. The second-order valence-corrected chi connectivity index (χ2v) is 8.29. The van der Waals surface area contributed by atoms with Crippen molar-refractivity contribution in [2.24, 2.45) is 5.73 Å². The smallest absolute Gasteiger partial charge is 0.186 e. The van der Waals surface area contributed by atoms with E-state index in [1.54, 1.807) is 11.3 Å². The van der Waals surface area contributed by atoms with Crippen molar-refractivity contribution in [2.45, 2.75) is 64.2 Å². The van der Waals surface area contributed by atoms with E-state index in [-0.39, 0.29) is 17.2 Å². The first-order valence-corrected chi connectivity index (χ1v) is 8.28. The van der Waals surface area contributed by atoms with Crippen molar-refractivity contribution < 1.29 is 4.74 Å². The van der Waals surface area contributed by atoms with Gasteiger partial charge in [-0.2, -0.15) is 0 Å². The van der Waals surface area contributed by atoms with Crippen LogP contribution in [-0.2, 0) is 11.2 Å². The van der Waals surface area contributed by atoms with Crippen LogP contribution in [0.15, 0.2) is 0 Å². The third kappa shape index (κ3) is 2.71. The maximum absolute atomic E-state index is 6.22. The van der Waals surface area contributed by atoms with Gasteiger partial charge in [-0.1, -0.05) is 11.3 Å². The Morgan fingerprint density at radius 2 is 1.90 bits per heavy atom. The molecular formula is C15H25N3OS. The summed E-state index contributed by atoms with van der Waals surface area (Å²) in [6, 6.07) is 0.187. The van der Waals surface area contributed by atoms with Crippen molar-refractivity contribution in [3.05, 3.63) is 10.6 Å².